The van der Waals surface area contributed by atoms with Crippen LogP contribution in [0.2, 0.25) is 0 Å². The van der Waals surface area contributed by atoms with E-state index in [1.165, 1.54) is 24.3 Å². The first kappa shape index (κ1) is 34.3. The van der Waals surface area contributed by atoms with E-state index in [1.807, 2.05) is 0 Å². The monoisotopic (exact) mass is 725 g/mol. The summed E-state index contributed by atoms with van der Waals surface area (Å²) < 4.78 is 140. The lowest BCUT2D eigenvalue weighted by Gasteiger charge is -2.11. The van der Waals surface area contributed by atoms with E-state index in [-0.39, 0.29) is 38.6 Å². The number of hydrogen-bond acceptors (Lipinski definition) is 12. The summed E-state index contributed by atoms with van der Waals surface area (Å²) in [5.74, 6) is -0.952. The first-order chi connectivity index (χ1) is 22.1. The average Bonchev–Trinajstić information content (AvgIpc) is 2.97. The van der Waals surface area contributed by atoms with E-state index in [9.17, 15) is 57.2 Å². The lowest BCUT2D eigenvalue weighted by molar-refractivity contribution is -0.137. The first-order valence-electron chi connectivity index (χ1n) is 12.7. The van der Waals surface area contributed by atoms with Crippen molar-refractivity contribution in [2.45, 2.75) is 20.9 Å². The number of hydrogen-bond donors (Lipinski definition) is 5. The molecule has 21 heteroatoms. The lowest BCUT2D eigenvalue weighted by Crippen LogP contribution is -2.04. The molecule has 0 fully saturated rings. The number of fused-ring (bicyclic) bond motifs is 2. The van der Waals surface area contributed by atoms with Crippen molar-refractivity contribution in [1.29, 1.82) is 0 Å². The van der Waals surface area contributed by atoms with Crippen LogP contribution in [0.1, 0.15) is 5.56 Å². The first-order valence-corrected chi connectivity index (χ1v) is 17.1. The van der Waals surface area contributed by atoms with Crippen LogP contribution in [0, 0.1) is 0 Å². The molecular weight excluding hydrogens is 708 g/mol. The van der Waals surface area contributed by atoms with Crippen LogP contribution in [0.4, 0.5) is 41.6 Å². The van der Waals surface area contributed by atoms with Crippen molar-refractivity contribution in [2.75, 3.05) is 5.73 Å². The Kier molecular flexibility index (Phi) is 8.48. The fourth-order valence-electron chi connectivity index (χ4n) is 4.50. The number of alkyl halides is 3. The molecule has 5 aromatic rings. The van der Waals surface area contributed by atoms with Crippen LogP contribution >= 0.6 is 0 Å². The highest BCUT2D eigenvalue weighted by Crippen LogP contribution is 2.44. The van der Waals surface area contributed by atoms with Crippen molar-refractivity contribution in [3.63, 3.8) is 0 Å². The summed E-state index contributed by atoms with van der Waals surface area (Å²) in [6, 6.07) is 11.8. The van der Waals surface area contributed by atoms with Gasteiger partial charge in [0.2, 0.25) is 0 Å². The summed E-state index contributed by atoms with van der Waals surface area (Å²) >= 11 is 0. The van der Waals surface area contributed by atoms with Crippen molar-refractivity contribution < 1.29 is 57.2 Å². The lowest BCUT2D eigenvalue weighted by atomic mass is 10.1. The fourth-order valence-corrected chi connectivity index (χ4v) is 6.30. The molecular formula is C27H18F3N5O10S3. The molecule has 0 aromatic heterocycles. The molecule has 0 aliphatic carbocycles. The molecule has 5 rings (SSSR count). The number of rotatable bonds is 7. The second-order valence-electron chi connectivity index (χ2n) is 9.87. The molecule has 0 unspecified atom stereocenters. The van der Waals surface area contributed by atoms with Crippen LogP contribution in [-0.2, 0) is 36.5 Å². The Morgan fingerprint density at radius 1 is 0.625 bits per heavy atom. The van der Waals surface area contributed by atoms with E-state index in [0.717, 1.165) is 48.5 Å². The molecule has 0 atom stereocenters. The van der Waals surface area contributed by atoms with Crippen LogP contribution in [0.3, 0.4) is 0 Å². The Bertz CT molecular complexity index is 2560. The Hall–Kier alpha value is -5.06. The molecule has 15 nitrogen and oxygen atoms in total. The van der Waals surface area contributed by atoms with Gasteiger partial charge in [-0.25, -0.2) is 0 Å². The molecule has 0 saturated heterocycles. The molecule has 48 heavy (non-hydrogen) atoms. The van der Waals surface area contributed by atoms with E-state index in [0.29, 0.717) is 0 Å². The summed E-state index contributed by atoms with van der Waals surface area (Å²) in [7, 11) is -14.9. The van der Waals surface area contributed by atoms with Crippen molar-refractivity contribution in [3.05, 3.63) is 78.4 Å². The fraction of sp³-hybridized carbons (Fsp3) is 0.0370. The Balaban J connectivity index is 1.69. The maximum atomic E-state index is 13.1. The van der Waals surface area contributed by atoms with Crippen LogP contribution in [0.15, 0.2) is 108 Å². The summed E-state index contributed by atoms with van der Waals surface area (Å²) in [6.07, 6.45) is -4.65. The van der Waals surface area contributed by atoms with E-state index in [2.05, 4.69) is 20.5 Å². The number of nitrogens with two attached hydrogens (primary N) is 1. The smallest absolute Gasteiger partial charge is 0.416 e. The maximum absolute atomic E-state index is 13.1. The van der Waals surface area contributed by atoms with Crippen molar-refractivity contribution in [1.82, 2.24) is 0 Å². The van der Waals surface area contributed by atoms with E-state index < -0.39 is 73.9 Å². The highest BCUT2D eigenvalue weighted by Gasteiger charge is 2.30. The minimum atomic E-state index is -5.20. The van der Waals surface area contributed by atoms with E-state index in [4.69, 9.17) is 5.73 Å². The highest BCUT2D eigenvalue weighted by molar-refractivity contribution is 7.86. The third-order valence-corrected chi connectivity index (χ3v) is 9.31. The average molecular weight is 726 g/mol. The van der Waals surface area contributed by atoms with Gasteiger partial charge in [0.1, 0.15) is 15.5 Å². The minimum Gasteiger partial charge on any atom is -0.505 e. The normalized spacial score (nSPS) is 13.3. The SMILES string of the molecule is Nc1cc2c(O)c(N=Nc3ccc(N=Nc4cccc(C(F)(F)F)c4)c4ccc(S(=O)(=O)O)cc34)c(S(=O)(=O)O)cc2cc1S(=O)(=O)O. The van der Waals surface area contributed by atoms with Gasteiger partial charge in [-0.1, -0.05) is 12.1 Å². The van der Waals surface area contributed by atoms with Gasteiger partial charge in [-0.15, -0.1) is 15.3 Å². The number of anilines is 1. The Morgan fingerprint density at radius 2 is 1.23 bits per heavy atom. The third kappa shape index (κ3) is 6.95. The quantitative estimate of drug-likeness (QED) is 0.0656. The number of benzene rings is 5. The Morgan fingerprint density at radius 3 is 1.83 bits per heavy atom. The van der Waals surface area contributed by atoms with Gasteiger partial charge in [-0.2, -0.15) is 43.5 Å². The molecule has 0 aliphatic heterocycles. The molecule has 0 spiro atoms. The number of nitrogens with zero attached hydrogens (tertiary/aromatic N) is 4. The number of azo groups is 2. The molecule has 0 saturated carbocycles. The van der Waals surface area contributed by atoms with Crippen LogP contribution in [-0.4, -0.2) is 44.0 Å². The predicted molar refractivity (Wildman–Crippen MR) is 163 cm³/mol. The number of nitrogen functional groups attached to an aromatic ring is 1. The Labute approximate surface area is 268 Å². The second kappa shape index (κ2) is 11.9. The van der Waals surface area contributed by atoms with E-state index >= 15 is 0 Å². The number of phenolic OH excluding ortho intramolecular Hbond substituents is 1. The summed E-state index contributed by atoms with van der Waals surface area (Å²) in [5.41, 5.74) is 2.88. The molecule has 0 aliphatic rings. The van der Waals surface area contributed by atoms with Crippen molar-refractivity contribution in [2.24, 2.45) is 20.5 Å². The van der Waals surface area contributed by atoms with Crippen molar-refractivity contribution >= 4 is 80.3 Å². The highest BCUT2D eigenvalue weighted by atomic mass is 32.2. The number of phenols is 1. The molecule has 0 bridgehead atoms. The van der Waals surface area contributed by atoms with Gasteiger partial charge in [-0.3, -0.25) is 13.7 Å². The minimum absolute atomic E-state index is 0.0134. The van der Waals surface area contributed by atoms with Gasteiger partial charge in [0.05, 0.1) is 33.2 Å². The van der Waals surface area contributed by atoms with Gasteiger partial charge in [0.15, 0.2) is 5.75 Å². The summed E-state index contributed by atoms with van der Waals surface area (Å²) in [4.78, 5) is -2.51. The zero-order valence-corrected chi connectivity index (χ0v) is 25.8. The zero-order valence-electron chi connectivity index (χ0n) is 23.4. The molecule has 0 radical (unpaired) electrons. The molecule has 0 amide bonds. The van der Waals surface area contributed by atoms with Crippen molar-refractivity contribution in [3.8, 4) is 5.75 Å². The molecule has 0 heterocycles. The molecule has 250 valence electrons. The van der Waals surface area contributed by atoms with Gasteiger partial charge < -0.3 is 10.8 Å². The van der Waals surface area contributed by atoms with Crippen LogP contribution < -0.4 is 5.73 Å². The number of halogens is 3. The van der Waals surface area contributed by atoms with Crippen LogP contribution in [0.5, 0.6) is 5.75 Å². The maximum Gasteiger partial charge on any atom is 0.416 e. The second-order valence-corrected chi connectivity index (χ2v) is 14.1. The zero-order chi connectivity index (χ0) is 35.4. The third-order valence-electron chi connectivity index (χ3n) is 6.68. The van der Waals surface area contributed by atoms with Gasteiger partial charge in [0, 0.05) is 16.2 Å². The predicted octanol–water partition coefficient (Wildman–Crippen LogP) is 6.87. The summed E-state index contributed by atoms with van der Waals surface area (Å²) in [5, 5.41) is 25.7. The van der Waals surface area contributed by atoms with E-state index in [1.54, 1.807) is 0 Å². The number of aromatic hydroxyl groups is 1. The van der Waals surface area contributed by atoms with Gasteiger partial charge in [0.25, 0.3) is 30.4 Å². The molecule has 5 aromatic carbocycles. The largest absolute Gasteiger partial charge is 0.505 e. The van der Waals surface area contributed by atoms with Gasteiger partial charge >= 0.3 is 6.18 Å². The molecule has 6 N–H and O–H groups in total. The van der Waals surface area contributed by atoms with Crippen LogP contribution in [0.25, 0.3) is 21.5 Å². The summed E-state index contributed by atoms with van der Waals surface area (Å²) in [6.45, 7) is 0. The topological polar surface area (TPSA) is 259 Å². The van der Waals surface area contributed by atoms with Gasteiger partial charge in [-0.05, 0) is 66.0 Å². The standard InChI is InChI=1S/C27H18F3N5O10S3/c28-27(29,30)14-2-1-3-15(10-14)32-33-21-6-7-22(19-11-16(46(37,38)39)4-5-17(19)21)34-35-25-24(48(43,44)45)9-13-8-23(47(40,41)42)20(31)12-18(13)26(25)36/h1-12,36H,31H2,(H,37,38,39)(H,40,41,42)(H,43,44,45).